The molecule has 0 unspecified atom stereocenters. The lowest BCUT2D eigenvalue weighted by Crippen LogP contribution is -2.16. The Hall–Kier alpha value is -4.10. The minimum Gasteiger partial charge on any atom is -0.508 e. The van der Waals surface area contributed by atoms with Gasteiger partial charge in [0.1, 0.15) is 17.3 Å². The van der Waals surface area contributed by atoms with E-state index in [9.17, 15) is 15.3 Å². The van der Waals surface area contributed by atoms with Crippen LogP contribution < -0.4 is 11.1 Å². The molecule has 1 heterocycles. The van der Waals surface area contributed by atoms with Crippen LogP contribution in [0, 0.1) is 0 Å². The largest absolute Gasteiger partial charge is 0.508 e. The molecule has 0 aliphatic carbocycles. The van der Waals surface area contributed by atoms with Gasteiger partial charge in [0.05, 0.1) is 18.3 Å². The van der Waals surface area contributed by atoms with Crippen molar-refractivity contribution in [3.63, 3.8) is 0 Å². The fourth-order valence-corrected chi connectivity index (χ4v) is 3.35. The molecule has 0 aliphatic heterocycles. The Bertz CT molecular complexity index is 1180. The number of aliphatic hydroxyl groups excluding tert-OH is 1. The summed E-state index contributed by atoms with van der Waals surface area (Å²) in [7, 11) is 0. The first kappa shape index (κ1) is 20.2. The van der Waals surface area contributed by atoms with E-state index < -0.39 is 0 Å². The van der Waals surface area contributed by atoms with Crippen molar-refractivity contribution in [1.82, 2.24) is 9.97 Å². The van der Waals surface area contributed by atoms with Crippen LogP contribution in [-0.2, 0) is 0 Å². The minimum atomic E-state index is -0.375. The van der Waals surface area contributed by atoms with Crippen LogP contribution in [0.3, 0.4) is 0 Å². The third-order valence-corrected chi connectivity index (χ3v) is 4.92. The molecular formula is C24H22N4O3. The van der Waals surface area contributed by atoms with Crippen molar-refractivity contribution in [2.24, 2.45) is 0 Å². The molecule has 0 saturated carbocycles. The SMILES string of the molecule is Nc1nc(N[C@@H](CO)c2ccccc2)cc(-c2cc(-c3ccc(O)cc3)ccc2O)n1. The van der Waals surface area contributed by atoms with E-state index in [1.807, 2.05) is 30.3 Å². The average Bonchev–Trinajstić information content (AvgIpc) is 2.78. The van der Waals surface area contributed by atoms with Crippen LogP contribution in [0.25, 0.3) is 22.4 Å². The highest BCUT2D eigenvalue weighted by molar-refractivity contribution is 5.77. The summed E-state index contributed by atoms with van der Waals surface area (Å²) < 4.78 is 0. The van der Waals surface area contributed by atoms with Crippen molar-refractivity contribution in [2.75, 3.05) is 17.7 Å². The summed E-state index contributed by atoms with van der Waals surface area (Å²) in [5, 5.41) is 33.0. The molecule has 0 amide bonds. The Morgan fingerprint density at radius 3 is 2.26 bits per heavy atom. The van der Waals surface area contributed by atoms with Gasteiger partial charge in [0.2, 0.25) is 5.95 Å². The molecule has 1 atom stereocenters. The van der Waals surface area contributed by atoms with E-state index in [0.29, 0.717) is 17.1 Å². The van der Waals surface area contributed by atoms with Crippen molar-refractivity contribution in [2.45, 2.75) is 6.04 Å². The van der Waals surface area contributed by atoms with Crippen molar-refractivity contribution < 1.29 is 15.3 Å². The van der Waals surface area contributed by atoms with Crippen LogP contribution in [0.15, 0.2) is 78.9 Å². The summed E-state index contributed by atoms with van der Waals surface area (Å²) in [6, 6.07) is 22.8. The molecule has 7 nitrogen and oxygen atoms in total. The van der Waals surface area contributed by atoms with Crippen molar-refractivity contribution in [3.05, 3.63) is 84.4 Å². The molecule has 31 heavy (non-hydrogen) atoms. The fourth-order valence-electron chi connectivity index (χ4n) is 3.35. The van der Waals surface area contributed by atoms with Gasteiger partial charge in [-0.25, -0.2) is 4.98 Å². The zero-order chi connectivity index (χ0) is 21.8. The molecule has 4 aromatic rings. The molecule has 3 aromatic carbocycles. The summed E-state index contributed by atoms with van der Waals surface area (Å²) in [5.41, 5.74) is 9.49. The number of hydrogen-bond donors (Lipinski definition) is 5. The Morgan fingerprint density at radius 1 is 0.839 bits per heavy atom. The highest BCUT2D eigenvalue weighted by Crippen LogP contribution is 2.34. The molecule has 0 bridgehead atoms. The van der Waals surface area contributed by atoms with Crippen molar-refractivity contribution in [3.8, 4) is 33.9 Å². The number of nitrogens with one attached hydrogen (secondary N) is 1. The van der Waals surface area contributed by atoms with Gasteiger partial charge in [0.15, 0.2) is 0 Å². The van der Waals surface area contributed by atoms with Gasteiger partial charge in [-0.05, 0) is 41.0 Å². The van der Waals surface area contributed by atoms with Crippen LogP contribution in [0.5, 0.6) is 11.5 Å². The first-order chi connectivity index (χ1) is 15.0. The second-order valence-electron chi connectivity index (χ2n) is 7.07. The number of rotatable bonds is 6. The van der Waals surface area contributed by atoms with Crippen LogP contribution >= 0.6 is 0 Å². The number of aliphatic hydroxyl groups is 1. The summed E-state index contributed by atoms with van der Waals surface area (Å²) in [5.74, 6) is 0.700. The van der Waals surface area contributed by atoms with Gasteiger partial charge in [-0.15, -0.1) is 0 Å². The van der Waals surface area contributed by atoms with Gasteiger partial charge in [0, 0.05) is 11.6 Å². The predicted molar refractivity (Wildman–Crippen MR) is 121 cm³/mol. The second-order valence-corrected chi connectivity index (χ2v) is 7.07. The number of phenols is 2. The van der Waals surface area contributed by atoms with E-state index in [1.165, 1.54) is 0 Å². The van der Waals surface area contributed by atoms with Crippen molar-refractivity contribution in [1.29, 1.82) is 0 Å². The summed E-state index contributed by atoms with van der Waals surface area (Å²) in [6.07, 6.45) is 0. The Morgan fingerprint density at radius 2 is 1.55 bits per heavy atom. The summed E-state index contributed by atoms with van der Waals surface area (Å²) in [4.78, 5) is 8.51. The first-order valence-electron chi connectivity index (χ1n) is 9.73. The average molecular weight is 414 g/mol. The Balaban J connectivity index is 1.69. The number of aromatic hydroxyl groups is 2. The molecule has 7 heteroatoms. The van der Waals surface area contributed by atoms with Gasteiger partial charge < -0.3 is 26.4 Å². The lowest BCUT2D eigenvalue weighted by molar-refractivity contribution is 0.276. The molecule has 0 fully saturated rings. The van der Waals surface area contributed by atoms with Gasteiger partial charge >= 0.3 is 0 Å². The lowest BCUT2D eigenvalue weighted by Gasteiger charge is -2.18. The quantitative estimate of drug-likeness (QED) is 0.323. The highest BCUT2D eigenvalue weighted by atomic mass is 16.3. The van der Waals surface area contributed by atoms with Gasteiger partial charge in [0.25, 0.3) is 0 Å². The normalized spacial score (nSPS) is 11.8. The van der Waals surface area contributed by atoms with E-state index in [2.05, 4.69) is 15.3 Å². The topological polar surface area (TPSA) is 125 Å². The van der Waals surface area contributed by atoms with E-state index >= 15 is 0 Å². The van der Waals surface area contributed by atoms with E-state index in [0.717, 1.165) is 16.7 Å². The number of benzene rings is 3. The van der Waals surface area contributed by atoms with Gasteiger partial charge in [-0.3, -0.25) is 0 Å². The Kier molecular flexibility index (Phi) is 5.68. The number of phenolic OH excluding ortho intramolecular Hbond substituents is 2. The molecule has 6 N–H and O–H groups in total. The number of hydrogen-bond acceptors (Lipinski definition) is 7. The van der Waals surface area contributed by atoms with Crippen LogP contribution in [0.1, 0.15) is 11.6 Å². The van der Waals surface area contributed by atoms with Gasteiger partial charge in [-0.1, -0.05) is 48.5 Å². The zero-order valence-electron chi connectivity index (χ0n) is 16.6. The molecular weight excluding hydrogens is 392 g/mol. The molecule has 0 radical (unpaired) electrons. The summed E-state index contributed by atoms with van der Waals surface area (Å²) in [6.45, 7) is -0.134. The monoisotopic (exact) mass is 414 g/mol. The maximum atomic E-state index is 10.5. The van der Waals surface area contributed by atoms with Gasteiger partial charge in [-0.2, -0.15) is 4.98 Å². The molecule has 0 spiro atoms. The number of anilines is 2. The number of nitrogens with zero attached hydrogens (tertiary/aromatic N) is 2. The first-order valence-corrected chi connectivity index (χ1v) is 9.73. The smallest absolute Gasteiger partial charge is 0.222 e. The second kappa shape index (κ2) is 8.73. The zero-order valence-corrected chi connectivity index (χ0v) is 16.6. The molecule has 1 aromatic heterocycles. The predicted octanol–water partition coefficient (Wildman–Crippen LogP) is 3.95. The maximum Gasteiger partial charge on any atom is 0.222 e. The fraction of sp³-hybridized carbons (Fsp3) is 0.0833. The molecule has 156 valence electrons. The number of nitrogens with two attached hydrogens (primary N) is 1. The van der Waals surface area contributed by atoms with Crippen LogP contribution in [0.4, 0.5) is 11.8 Å². The van der Waals surface area contributed by atoms with E-state index in [1.54, 1.807) is 48.5 Å². The molecule has 0 aliphatic rings. The number of nitrogen functional groups attached to an aromatic ring is 1. The maximum absolute atomic E-state index is 10.5. The standard InChI is InChI=1S/C24H22N4O3/c25-24-27-20(13-23(28-24)26-21(14-29)16-4-2-1-3-5-16)19-12-17(8-11-22(19)31)15-6-9-18(30)10-7-15/h1-13,21,29-31H,14H2,(H3,25,26,27,28)/t21-/m0/s1. The van der Waals surface area contributed by atoms with Crippen molar-refractivity contribution >= 4 is 11.8 Å². The molecule has 4 rings (SSSR count). The lowest BCUT2D eigenvalue weighted by atomic mass is 10.0. The molecule has 0 saturated heterocycles. The summed E-state index contributed by atoms with van der Waals surface area (Å²) >= 11 is 0. The number of aromatic nitrogens is 2. The Labute approximate surface area is 179 Å². The van der Waals surface area contributed by atoms with Crippen LogP contribution in [-0.4, -0.2) is 31.9 Å². The minimum absolute atomic E-state index is 0.0409. The third kappa shape index (κ3) is 4.57. The highest BCUT2D eigenvalue weighted by Gasteiger charge is 2.15. The van der Waals surface area contributed by atoms with E-state index in [4.69, 9.17) is 5.73 Å². The van der Waals surface area contributed by atoms with Crippen LogP contribution in [0.2, 0.25) is 0 Å². The third-order valence-electron chi connectivity index (χ3n) is 4.92. The van der Waals surface area contributed by atoms with E-state index in [-0.39, 0.29) is 30.1 Å².